The maximum absolute atomic E-state index is 12.1. The molecule has 126 valence electrons. The Balaban J connectivity index is 3.02. The van der Waals surface area contributed by atoms with Crippen LogP contribution in [0.25, 0.3) is 0 Å². The van der Waals surface area contributed by atoms with Crippen molar-refractivity contribution >= 4 is 27.6 Å². The van der Waals surface area contributed by atoms with Crippen molar-refractivity contribution in [1.82, 2.24) is 0 Å². The normalized spacial score (nSPS) is 11.8. The summed E-state index contributed by atoms with van der Waals surface area (Å²) in [7, 11) is -4.41. The van der Waals surface area contributed by atoms with Crippen LogP contribution in [0.3, 0.4) is 0 Å². The number of ether oxygens (including phenoxy) is 1. The topological polar surface area (TPSA) is 130 Å². The standard InChI is InChI=1S/C13H15NO8S/c1-4-21-12(16)11(15)13(2,3)22-23(19,20)10-7-5-9(6-8-10)14(17)18/h5-8H,4H2,1-3H3. The summed E-state index contributed by atoms with van der Waals surface area (Å²) in [5, 5.41) is 10.5. The summed E-state index contributed by atoms with van der Waals surface area (Å²) in [4.78, 5) is 32.7. The van der Waals surface area contributed by atoms with E-state index in [4.69, 9.17) is 4.18 Å². The summed E-state index contributed by atoms with van der Waals surface area (Å²) < 4.78 is 33.5. The Hall–Kier alpha value is -2.33. The molecule has 1 rings (SSSR count). The first-order chi connectivity index (χ1) is 10.5. The number of carbonyl (C=O) groups is 2. The molecular weight excluding hydrogens is 330 g/mol. The molecule has 0 heterocycles. The number of Topliss-reactive ketones (excluding diaryl/α,β-unsaturated/α-hetero) is 1. The van der Waals surface area contributed by atoms with Gasteiger partial charge in [0.05, 0.1) is 16.4 Å². The van der Waals surface area contributed by atoms with Crippen LogP contribution < -0.4 is 0 Å². The number of ketones is 1. The van der Waals surface area contributed by atoms with Gasteiger partial charge in [-0.15, -0.1) is 0 Å². The van der Waals surface area contributed by atoms with Gasteiger partial charge in [0.15, 0.2) is 5.60 Å². The fourth-order valence-corrected chi connectivity index (χ4v) is 2.73. The van der Waals surface area contributed by atoms with Gasteiger partial charge in [0, 0.05) is 12.1 Å². The van der Waals surface area contributed by atoms with Crippen molar-refractivity contribution in [3.63, 3.8) is 0 Å². The molecule has 1 aromatic carbocycles. The van der Waals surface area contributed by atoms with E-state index >= 15 is 0 Å². The van der Waals surface area contributed by atoms with Gasteiger partial charge in [-0.25, -0.2) is 4.79 Å². The van der Waals surface area contributed by atoms with E-state index in [9.17, 15) is 28.1 Å². The van der Waals surface area contributed by atoms with E-state index < -0.39 is 32.4 Å². The average Bonchev–Trinajstić information content (AvgIpc) is 2.45. The second-order valence-electron chi connectivity index (χ2n) is 4.85. The average molecular weight is 345 g/mol. The van der Waals surface area contributed by atoms with E-state index in [0.29, 0.717) is 0 Å². The molecule has 0 unspecified atom stereocenters. The summed E-state index contributed by atoms with van der Waals surface area (Å²) in [5.74, 6) is -2.37. The lowest BCUT2D eigenvalue weighted by Crippen LogP contribution is -2.42. The van der Waals surface area contributed by atoms with Crippen LogP contribution in [0.5, 0.6) is 0 Å². The molecule has 0 bridgehead atoms. The number of nitro benzene ring substituents is 1. The first-order valence-electron chi connectivity index (χ1n) is 6.43. The minimum atomic E-state index is -4.41. The minimum Gasteiger partial charge on any atom is -0.460 e. The van der Waals surface area contributed by atoms with Crippen molar-refractivity contribution in [3.05, 3.63) is 34.4 Å². The molecule has 0 aliphatic carbocycles. The van der Waals surface area contributed by atoms with Crippen molar-refractivity contribution in [2.24, 2.45) is 0 Å². The van der Waals surface area contributed by atoms with Gasteiger partial charge in [0.2, 0.25) is 0 Å². The van der Waals surface area contributed by atoms with Crippen LogP contribution in [0.15, 0.2) is 29.2 Å². The first kappa shape index (κ1) is 18.7. The molecule has 1 aromatic rings. The third-order valence-electron chi connectivity index (χ3n) is 2.66. The van der Waals surface area contributed by atoms with Crippen LogP contribution in [0, 0.1) is 10.1 Å². The molecule has 0 saturated heterocycles. The number of hydrogen-bond acceptors (Lipinski definition) is 8. The molecule has 0 aliphatic rings. The maximum atomic E-state index is 12.1. The highest BCUT2D eigenvalue weighted by atomic mass is 32.2. The van der Waals surface area contributed by atoms with E-state index in [-0.39, 0.29) is 17.2 Å². The molecule has 9 nitrogen and oxygen atoms in total. The van der Waals surface area contributed by atoms with Gasteiger partial charge in [-0.1, -0.05) is 0 Å². The number of esters is 1. The number of carbonyl (C=O) groups excluding carboxylic acids is 2. The van der Waals surface area contributed by atoms with E-state index in [1.807, 2.05) is 0 Å². The summed E-state index contributed by atoms with van der Waals surface area (Å²) in [6, 6.07) is 3.91. The van der Waals surface area contributed by atoms with Crippen LogP contribution in [-0.4, -0.2) is 37.3 Å². The molecule has 0 aromatic heterocycles. The van der Waals surface area contributed by atoms with Gasteiger partial charge in [-0.2, -0.15) is 8.42 Å². The van der Waals surface area contributed by atoms with Crippen LogP contribution in [-0.2, 0) is 28.6 Å². The van der Waals surface area contributed by atoms with Crippen LogP contribution in [0.4, 0.5) is 5.69 Å². The predicted molar refractivity (Wildman–Crippen MR) is 77.1 cm³/mol. The first-order valence-corrected chi connectivity index (χ1v) is 7.83. The molecule has 23 heavy (non-hydrogen) atoms. The van der Waals surface area contributed by atoms with Crippen molar-refractivity contribution in [2.75, 3.05) is 6.61 Å². The molecule has 0 N–H and O–H groups in total. The fraction of sp³-hybridized carbons (Fsp3) is 0.385. The second kappa shape index (κ2) is 6.84. The summed E-state index contributed by atoms with van der Waals surface area (Å²) in [5.41, 5.74) is -2.28. The van der Waals surface area contributed by atoms with Crippen molar-refractivity contribution in [2.45, 2.75) is 31.3 Å². The zero-order chi connectivity index (χ0) is 17.8. The number of rotatable bonds is 7. The number of nitrogens with zero attached hydrogens (tertiary/aromatic N) is 1. The molecule has 0 fully saturated rings. The fourth-order valence-electron chi connectivity index (χ4n) is 1.54. The monoisotopic (exact) mass is 345 g/mol. The van der Waals surface area contributed by atoms with Gasteiger partial charge in [0.25, 0.3) is 21.6 Å². The van der Waals surface area contributed by atoms with Crippen molar-refractivity contribution < 1.29 is 31.9 Å². The Bertz CT molecular complexity index is 721. The van der Waals surface area contributed by atoms with E-state index in [1.165, 1.54) is 6.92 Å². The molecule has 0 spiro atoms. The van der Waals surface area contributed by atoms with Gasteiger partial charge >= 0.3 is 5.97 Å². The molecule has 0 saturated carbocycles. The largest absolute Gasteiger partial charge is 0.460 e. The maximum Gasteiger partial charge on any atom is 0.377 e. The van der Waals surface area contributed by atoms with E-state index in [1.54, 1.807) is 0 Å². The van der Waals surface area contributed by atoms with Gasteiger partial charge in [-0.05, 0) is 32.9 Å². The second-order valence-corrected chi connectivity index (χ2v) is 6.39. The number of non-ortho nitro benzene ring substituents is 1. The molecule has 10 heteroatoms. The molecule has 0 amide bonds. The Labute approximate surface area is 132 Å². The van der Waals surface area contributed by atoms with Crippen LogP contribution in [0.1, 0.15) is 20.8 Å². The lowest BCUT2D eigenvalue weighted by molar-refractivity contribution is -0.384. The zero-order valence-corrected chi connectivity index (χ0v) is 13.5. The Morgan fingerprint density at radius 3 is 2.17 bits per heavy atom. The highest BCUT2D eigenvalue weighted by Crippen LogP contribution is 2.23. The van der Waals surface area contributed by atoms with E-state index in [2.05, 4.69) is 4.74 Å². The van der Waals surface area contributed by atoms with E-state index in [0.717, 1.165) is 38.1 Å². The third kappa shape index (κ3) is 4.57. The zero-order valence-electron chi connectivity index (χ0n) is 12.6. The van der Waals surface area contributed by atoms with Gasteiger partial charge < -0.3 is 4.74 Å². The van der Waals surface area contributed by atoms with Crippen molar-refractivity contribution in [1.29, 1.82) is 0 Å². The SMILES string of the molecule is CCOC(=O)C(=O)C(C)(C)OS(=O)(=O)c1ccc([N+](=O)[O-])cc1. The lowest BCUT2D eigenvalue weighted by Gasteiger charge is -2.21. The minimum absolute atomic E-state index is 0.0459. The highest BCUT2D eigenvalue weighted by Gasteiger charge is 2.40. The summed E-state index contributed by atoms with van der Waals surface area (Å²) >= 11 is 0. The molecular formula is C13H15NO8S. The lowest BCUT2D eigenvalue weighted by atomic mass is 10.0. The van der Waals surface area contributed by atoms with Crippen LogP contribution in [0.2, 0.25) is 0 Å². The molecule has 0 atom stereocenters. The van der Waals surface area contributed by atoms with Crippen LogP contribution >= 0.6 is 0 Å². The number of hydrogen-bond donors (Lipinski definition) is 0. The highest BCUT2D eigenvalue weighted by molar-refractivity contribution is 7.86. The van der Waals surface area contributed by atoms with Crippen molar-refractivity contribution in [3.8, 4) is 0 Å². The quantitative estimate of drug-likeness (QED) is 0.237. The van der Waals surface area contributed by atoms with Gasteiger partial charge in [0.1, 0.15) is 0 Å². The Morgan fingerprint density at radius 1 is 1.22 bits per heavy atom. The summed E-state index contributed by atoms with van der Waals surface area (Å²) in [6.07, 6.45) is 0. The smallest absolute Gasteiger partial charge is 0.377 e. The number of nitro groups is 1. The third-order valence-corrected chi connectivity index (χ3v) is 4.15. The van der Waals surface area contributed by atoms with Gasteiger partial charge in [-0.3, -0.25) is 19.1 Å². The summed E-state index contributed by atoms with van der Waals surface area (Å²) in [6.45, 7) is 3.66. The molecule has 0 radical (unpaired) electrons. The Morgan fingerprint density at radius 2 is 1.74 bits per heavy atom. The Kier molecular flexibility index (Phi) is 5.56. The number of benzene rings is 1. The molecule has 0 aliphatic heterocycles. The predicted octanol–water partition coefficient (Wildman–Crippen LogP) is 1.21.